The summed E-state index contributed by atoms with van der Waals surface area (Å²) in [6.45, 7) is 8.40. The van der Waals surface area contributed by atoms with Crippen molar-refractivity contribution in [1.29, 1.82) is 0 Å². The molecular weight excluding hydrogens is 226 g/mol. The van der Waals surface area contributed by atoms with Gasteiger partial charge in [0, 0.05) is 5.41 Å². The van der Waals surface area contributed by atoms with Crippen LogP contribution in [0.15, 0.2) is 30.3 Å². The second-order valence-electron chi connectivity index (χ2n) is 5.84. The van der Waals surface area contributed by atoms with Gasteiger partial charge in [-0.3, -0.25) is 4.79 Å². The van der Waals surface area contributed by atoms with Crippen LogP contribution in [0.4, 0.5) is 0 Å². The molecule has 1 fully saturated rings. The fourth-order valence-corrected chi connectivity index (χ4v) is 2.21. The predicted octanol–water partition coefficient (Wildman–Crippen LogP) is 2.98. The number of rotatable bonds is 1. The monoisotopic (exact) mass is 247 g/mol. The van der Waals surface area contributed by atoms with Crippen molar-refractivity contribution in [2.24, 2.45) is 5.41 Å². The van der Waals surface area contributed by atoms with Gasteiger partial charge in [-0.25, -0.2) is 0 Å². The lowest BCUT2D eigenvalue weighted by molar-refractivity contribution is -0.143. The van der Waals surface area contributed by atoms with Crippen LogP contribution in [0.25, 0.3) is 0 Å². The summed E-state index contributed by atoms with van der Waals surface area (Å²) in [5.74, 6) is 0.147. The van der Waals surface area contributed by atoms with Crippen LogP contribution in [0.5, 0.6) is 0 Å². The summed E-state index contributed by atoms with van der Waals surface area (Å²) in [6.07, 6.45) is -0.158. The molecule has 2 unspecified atom stereocenters. The number of amides is 1. The van der Waals surface area contributed by atoms with Crippen molar-refractivity contribution in [3.8, 4) is 0 Å². The van der Waals surface area contributed by atoms with Crippen molar-refractivity contribution in [2.75, 3.05) is 6.54 Å². The first-order valence-corrected chi connectivity index (χ1v) is 6.41. The van der Waals surface area contributed by atoms with E-state index in [0.717, 1.165) is 5.56 Å². The molecule has 0 bridgehead atoms. The number of hydrogen-bond donors (Lipinski definition) is 0. The summed E-state index contributed by atoms with van der Waals surface area (Å²) >= 11 is 0. The minimum atomic E-state index is -0.358. The van der Waals surface area contributed by atoms with E-state index < -0.39 is 0 Å². The van der Waals surface area contributed by atoms with Crippen molar-refractivity contribution in [3.05, 3.63) is 35.9 Å². The summed E-state index contributed by atoms with van der Waals surface area (Å²) in [5, 5.41) is 0. The molecule has 98 valence electrons. The van der Waals surface area contributed by atoms with Gasteiger partial charge < -0.3 is 9.64 Å². The Kier molecular flexibility index (Phi) is 3.44. The minimum absolute atomic E-state index is 0.00694. The first-order chi connectivity index (χ1) is 8.39. The minimum Gasteiger partial charge on any atom is -0.349 e. The van der Waals surface area contributed by atoms with Gasteiger partial charge in [0.2, 0.25) is 5.91 Å². The smallest absolute Gasteiger partial charge is 0.230 e. The van der Waals surface area contributed by atoms with E-state index in [9.17, 15) is 4.79 Å². The quantitative estimate of drug-likeness (QED) is 0.763. The lowest BCUT2D eigenvalue weighted by Gasteiger charge is -2.27. The summed E-state index contributed by atoms with van der Waals surface area (Å²) in [4.78, 5) is 14.1. The molecule has 0 aliphatic carbocycles. The predicted molar refractivity (Wildman–Crippen MR) is 70.9 cm³/mol. The van der Waals surface area contributed by atoms with E-state index >= 15 is 0 Å². The maximum atomic E-state index is 12.3. The van der Waals surface area contributed by atoms with Gasteiger partial charge in [-0.1, -0.05) is 51.1 Å². The second-order valence-corrected chi connectivity index (χ2v) is 5.84. The highest BCUT2D eigenvalue weighted by atomic mass is 16.5. The van der Waals surface area contributed by atoms with E-state index in [4.69, 9.17) is 4.74 Å². The Morgan fingerprint density at radius 2 is 1.89 bits per heavy atom. The standard InChI is InChI=1S/C15H21NO2/c1-11-16(14(17)15(2,3)4)10-13(18-11)12-8-6-5-7-9-12/h5-9,11,13H,10H2,1-4H3. The number of carbonyl (C=O) groups excluding carboxylic acids is 1. The molecule has 0 N–H and O–H groups in total. The lowest BCUT2D eigenvalue weighted by Crippen LogP contribution is -2.41. The van der Waals surface area contributed by atoms with Gasteiger partial charge in [-0.05, 0) is 12.5 Å². The Balaban J connectivity index is 2.13. The van der Waals surface area contributed by atoms with E-state index in [1.54, 1.807) is 0 Å². The molecule has 1 aromatic carbocycles. The van der Waals surface area contributed by atoms with Gasteiger partial charge in [-0.15, -0.1) is 0 Å². The van der Waals surface area contributed by atoms with E-state index in [2.05, 4.69) is 0 Å². The number of benzene rings is 1. The molecule has 1 saturated heterocycles. The van der Waals surface area contributed by atoms with Gasteiger partial charge in [-0.2, -0.15) is 0 Å². The average Bonchev–Trinajstić information content (AvgIpc) is 2.70. The molecule has 1 aliphatic heterocycles. The van der Waals surface area contributed by atoms with Crippen LogP contribution in [0.3, 0.4) is 0 Å². The summed E-state index contributed by atoms with van der Waals surface area (Å²) in [5.41, 5.74) is 0.775. The third-order valence-electron chi connectivity index (χ3n) is 3.24. The Hall–Kier alpha value is -1.35. The Labute approximate surface area is 109 Å². The Bertz CT molecular complexity index is 422. The van der Waals surface area contributed by atoms with Crippen LogP contribution in [-0.2, 0) is 9.53 Å². The fraction of sp³-hybridized carbons (Fsp3) is 0.533. The molecule has 1 amide bonds. The molecule has 2 rings (SSSR count). The topological polar surface area (TPSA) is 29.5 Å². The number of hydrogen-bond acceptors (Lipinski definition) is 2. The average molecular weight is 247 g/mol. The van der Waals surface area contributed by atoms with Gasteiger partial charge in [0.1, 0.15) is 12.3 Å². The molecule has 3 heteroatoms. The van der Waals surface area contributed by atoms with Crippen molar-refractivity contribution in [3.63, 3.8) is 0 Å². The molecular formula is C15H21NO2. The molecule has 18 heavy (non-hydrogen) atoms. The summed E-state index contributed by atoms with van der Waals surface area (Å²) in [6, 6.07) is 10.1. The highest BCUT2D eigenvalue weighted by Gasteiger charge is 2.38. The van der Waals surface area contributed by atoms with Crippen molar-refractivity contribution in [1.82, 2.24) is 4.90 Å². The van der Waals surface area contributed by atoms with Gasteiger partial charge in [0.05, 0.1) is 6.54 Å². The first kappa shape index (κ1) is 13.1. The normalized spacial score (nSPS) is 24.3. The molecule has 1 heterocycles. The molecule has 1 aromatic rings. The zero-order valence-electron chi connectivity index (χ0n) is 11.5. The number of nitrogens with zero attached hydrogens (tertiary/aromatic N) is 1. The largest absolute Gasteiger partial charge is 0.349 e. The number of ether oxygens (including phenoxy) is 1. The zero-order valence-corrected chi connectivity index (χ0v) is 11.5. The molecule has 1 aliphatic rings. The van der Waals surface area contributed by atoms with Crippen LogP contribution in [0.1, 0.15) is 39.4 Å². The summed E-state index contributed by atoms with van der Waals surface area (Å²) < 4.78 is 5.88. The maximum Gasteiger partial charge on any atom is 0.230 e. The van der Waals surface area contributed by atoms with Crippen LogP contribution in [-0.4, -0.2) is 23.6 Å². The molecule has 0 radical (unpaired) electrons. The van der Waals surface area contributed by atoms with Gasteiger partial charge in [0.15, 0.2) is 0 Å². The first-order valence-electron chi connectivity index (χ1n) is 6.41. The van der Waals surface area contributed by atoms with E-state index in [1.807, 2.05) is 62.9 Å². The Morgan fingerprint density at radius 1 is 1.28 bits per heavy atom. The Morgan fingerprint density at radius 3 is 2.44 bits per heavy atom. The second kappa shape index (κ2) is 4.73. The highest BCUT2D eigenvalue weighted by molar-refractivity contribution is 5.82. The van der Waals surface area contributed by atoms with Crippen molar-refractivity contribution < 1.29 is 9.53 Å². The molecule has 3 nitrogen and oxygen atoms in total. The maximum absolute atomic E-state index is 12.3. The highest BCUT2D eigenvalue weighted by Crippen LogP contribution is 2.31. The van der Waals surface area contributed by atoms with E-state index in [0.29, 0.717) is 6.54 Å². The lowest BCUT2D eigenvalue weighted by atomic mass is 9.94. The van der Waals surface area contributed by atoms with Crippen LogP contribution in [0, 0.1) is 5.41 Å². The van der Waals surface area contributed by atoms with E-state index in [1.165, 1.54) is 0 Å². The van der Waals surface area contributed by atoms with Crippen LogP contribution in [0.2, 0.25) is 0 Å². The molecule has 0 spiro atoms. The van der Waals surface area contributed by atoms with E-state index in [-0.39, 0.29) is 23.7 Å². The zero-order chi connectivity index (χ0) is 13.3. The van der Waals surface area contributed by atoms with Gasteiger partial charge in [0.25, 0.3) is 0 Å². The molecule has 0 saturated carbocycles. The summed E-state index contributed by atoms with van der Waals surface area (Å²) in [7, 11) is 0. The van der Waals surface area contributed by atoms with Crippen LogP contribution >= 0.6 is 0 Å². The molecule has 0 aromatic heterocycles. The van der Waals surface area contributed by atoms with Crippen molar-refractivity contribution in [2.45, 2.75) is 40.0 Å². The van der Waals surface area contributed by atoms with Gasteiger partial charge >= 0.3 is 0 Å². The number of carbonyl (C=O) groups is 1. The third kappa shape index (κ3) is 2.56. The third-order valence-corrected chi connectivity index (χ3v) is 3.24. The molecule has 2 atom stereocenters. The fourth-order valence-electron chi connectivity index (χ4n) is 2.21. The van der Waals surface area contributed by atoms with Crippen molar-refractivity contribution >= 4 is 5.91 Å². The SMILES string of the molecule is CC1OC(c2ccccc2)CN1C(=O)C(C)(C)C. The van der Waals surface area contributed by atoms with Crippen LogP contribution < -0.4 is 0 Å².